The van der Waals surface area contributed by atoms with Crippen molar-refractivity contribution in [2.24, 2.45) is 9.98 Å². The minimum Gasteiger partial charge on any atom is -0.364 e. The van der Waals surface area contributed by atoms with E-state index in [2.05, 4.69) is 9.98 Å². The average molecular weight is 635 g/mol. The van der Waals surface area contributed by atoms with Crippen LogP contribution >= 0.6 is 11.6 Å². The predicted octanol–water partition coefficient (Wildman–Crippen LogP) is 6.41. The van der Waals surface area contributed by atoms with Gasteiger partial charge in [-0.05, 0) is 91.9 Å². The Kier molecular flexibility index (Phi) is 9.90. The van der Waals surface area contributed by atoms with Gasteiger partial charge in [0.2, 0.25) is 6.23 Å². The van der Waals surface area contributed by atoms with E-state index in [4.69, 9.17) is 11.6 Å². The van der Waals surface area contributed by atoms with Crippen LogP contribution in [-0.2, 0) is 9.59 Å². The molecule has 4 aromatic rings. The molecule has 2 heterocycles. The number of fused-ring (bicyclic) bond motifs is 2. The van der Waals surface area contributed by atoms with Crippen LogP contribution in [0.15, 0.2) is 94.9 Å². The third kappa shape index (κ3) is 6.82. The third-order valence-corrected chi connectivity index (χ3v) is 7.43. The number of benzene rings is 4. The van der Waals surface area contributed by atoms with Gasteiger partial charge in [0.1, 0.15) is 23.5 Å². The summed E-state index contributed by atoms with van der Waals surface area (Å²) in [5.74, 6) is -1.87. The van der Waals surface area contributed by atoms with Crippen molar-refractivity contribution in [2.75, 3.05) is 23.9 Å². The Labute approximate surface area is 263 Å². The molecule has 0 aliphatic carbocycles. The van der Waals surface area contributed by atoms with Crippen molar-refractivity contribution < 1.29 is 27.9 Å². The quantitative estimate of drug-likeness (QED) is 0.276. The SMILES string of the molecule is C.CC1N=C(c2ccc(F)cc2)c2cc(F)ccc2N(C)C1=O.CN1C(=O)C(O)N=C(c2ccc(F)cc2)c2cc(Cl)ccc21. The van der Waals surface area contributed by atoms with Gasteiger partial charge in [-0.3, -0.25) is 14.6 Å². The molecule has 4 aromatic carbocycles. The number of carbonyl (C=O) groups is 2. The maximum absolute atomic E-state index is 13.7. The molecule has 0 saturated carbocycles. The van der Waals surface area contributed by atoms with E-state index in [9.17, 15) is 27.9 Å². The van der Waals surface area contributed by atoms with Gasteiger partial charge in [0, 0.05) is 41.4 Å². The Bertz CT molecular complexity index is 1680. The fourth-order valence-corrected chi connectivity index (χ4v) is 5.08. The number of hydrogen-bond acceptors (Lipinski definition) is 5. The molecule has 2 aliphatic heterocycles. The molecule has 2 aliphatic rings. The van der Waals surface area contributed by atoms with E-state index in [0.717, 1.165) is 0 Å². The molecule has 0 spiro atoms. The van der Waals surface area contributed by atoms with Crippen molar-refractivity contribution in [1.29, 1.82) is 0 Å². The van der Waals surface area contributed by atoms with Crippen LogP contribution in [0.1, 0.15) is 36.6 Å². The van der Waals surface area contributed by atoms with E-state index in [1.54, 1.807) is 69.6 Å². The number of aliphatic hydroxyl groups excluding tert-OH is 1. The number of aliphatic hydroxyl groups is 1. The number of benzodiazepines with no additional fused rings is 2. The maximum Gasteiger partial charge on any atom is 0.278 e. The first kappa shape index (κ1) is 33.1. The van der Waals surface area contributed by atoms with Crippen molar-refractivity contribution in [2.45, 2.75) is 26.6 Å². The van der Waals surface area contributed by atoms with Gasteiger partial charge in [0.15, 0.2) is 0 Å². The lowest BCUT2D eigenvalue weighted by Crippen LogP contribution is -2.34. The van der Waals surface area contributed by atoms with Crippen molar-refractivity contribution in [1.82, 2.24) is 0 Å². The summed E-state index contributed by atoms with van der Waals surface area (Å²) in [7, 11) is 3.19. The van der Waals surface area contributed by atoms with Crippen molar-refractivity contribution in [3.05, 3.63) is 130 Å². The molecule has 2 amide bonds. The van der Waals surface area contributed by atoms with Crippen LogP contribution in [-0.4, -0.2) is 54.7 Å². The molecule has 232 valence electrons. The van der Waals surface area contributed by atoms with E-state index in [0.29, 0.717) is 50.1 Å². The molecule has 11 heteroatoms. The fraction of sp³-hybridized carbons (Fsp3) is 0.176. The smallest absolute Gasteiger partial charge is 0.278 e. The lowest BCUT2D eigenvalue weighted by atomic mass is 10.00. The van der Waals surface area contributed by atoms with Crippen LogP contribution in [0.4, 0.5) is 24.5 Å². The third-order valence-electron chi connectivity index (χ3n) is 7.20. The van der Waals surface area contributed by atoms with Crippen LogP contribution < -0.4 is 9.80 Å². The van der Waals surface area contributed by atoms with E-state index < -0.39 is 24.0 Å². The number of carbonyl (C=O) groups excluding carboxylic acids is 2. The van der Waals surface area contributed by atoms with Crippen molar-refractivity contribution in [3.8, 4) is 0 Å². The van der Waals surface area contributed by atoms with Crippen molar-refractivity contribution >= 4 is 46.2 Å². The number of hydrogen-bond donors (Lipinski definition) is 1. The Morgan fingerprint density at radius 2 is 1.11 bits per heavy atom. The van der Waals surface area contributed by atoms with Crippen LogP contribution in [0.25, 0.3) is 0 Å². The zero-order chi connectivity index (χ0) is 31.7. The zero-order valence-corrected chi connectivity index (χ0v) is 24.6. The number of rotatable bonds is 2. The summed E-state index contributed by atoms with van der Waals surface area (Å²) in [6.07, 6.45) is -1.52. The van der Waals surface area contributed by atoms with Gasteiger partial charge in [-0.1, -0.05) is 19.0 Å². The molecule has 0 saturated heterocycles. The summed E-state index contributed by atoms with van der Waals surface area (Å²) in [6.45, 7) is 1.69. The number of anilines is 2. The summed E-state index contributed by atoms with van der Waals surface area (Å²) in [5.41, 5.74) is 4.39. The summed E-state index contributed by atoms with van der Waals surface area (Å²) >= 11 is 6.05. The lowest BCUT2D eigenvalue weighted by molar-refractivity contribution is -0.125. The zero-order valence-electron chi connectivity index (χ0n) is 23.8. The molecule has 2 atom stereocenters. The number of likely N-dealkylation sites (N-methyl/N-ethyl adjacent to an activating group) is 2. The Morgan fingerprint density at radius 3 is 1.67 bits per heavy atom. The van der Waals surface area contributed by atoms with Gasteiger partial charge in [0.05, 0.1) is 22.8 Å². The van der Waals surface area contributed by atoms with E-state index in [1.165, 1.54) is 46.2 Å². The highest BCUT2D eigenvalue weighted by molar-refractivity contribution is 6.32. The Morgan fingerprint density at radius 1 is 0.667 bits per heavy atom. The number of nitrogens with zero attached hydrogens (tertiary/aromatic N) is 4. The molecule has 1 N–H and O–H groups in total. The highest BCUT2D eigenvalue weighted by Gasteiger charge is 2.29. The minimum atomic E-state index is -1.52. The average Bonchev–Trinajstić information content (AvgIpc) is 3.16. The van der Waals surface area contributed by atoms with Crippen LogP contribution in [0.5, 0.6) is 0 Å². The standard InChI is InChI=1S/C17H14F2N2O.C16H12ClFN2O2.CH4/c1-10-17(22)21(2)15-8-7-13(19)9-14(15)16(20-10)11-3-5-12(18)6-4-11;1-20-13-7-4-10(17)8-12(13)14(19-15(21)16(20)22)9-2-5-11(18)6-3-9;/h3-10H,1-2H3;2-8,15,21H,1H3;1H4. The summed E-state index contributed by atoms with van der Waals surface area (Å²) in [4.78, 5) is 35.7. The van der Waals surface area contributed by atoms with E-state index in [1.807, 2.05) is 0 Å². The second-order valence-corrected chi connectivity index (χ2v) is 10.6. The molecule has 45 heavy (non-hydrogen) atoms. The molecule has 0 radical (unpaired) electrons. The van der Waals surface area contributed by atoms with Gasteiger partial charge >= 0.3 is 0 Å². The molecule has 0 fully saturated rings. The largest absolute Gasteiger partial charge is 0.364 e. The molecule has 0 aromatic heterocycles. The molecule has 7 nitrogen and oxygen atoms in total. The number of amides is 2. The lowest BCUT2D eigenvalue weighted by Gasteiger charge is -2.19. The summed E-state index contributed by atoms with van der Waals surface area (Å²) in [5, 5.41) is 10.4. The highest BCUT2D eigenvalue weighted by Crippen LogP contribution is 2.30. The monoisotopic (exact) mass is 634 g/mol. The number of aliphatic imine (C=N–C) groups is 2. The summed E-state index contributed by atoms with van der Waals surface area (Å²) in [6, 6.07) is 20.1. The van der Waals surface area contributed by atoms with Crippen LogP contribution in [0.2, 0.25) is 5.02 Å². The molecule has 0 bridgehead atoms. The normalized spacial score (nSPS) is 17.4. The van der Waals surface area contributed by atoms with Gasteiger partial charge < -0.3 is 14.9 Å². The van der Waals surface area contributed by atoms with E-state index >= 15 is 0 Å². The van der Waals surface area contributed by atoms with Crippen LogP contribution in [0, 0.1) is 17.5 Å². The highest BCUT2D eigenvalue weighted by atomic mass is 35.5. The van der Waals surface area contributed by atoms with Gasteiger partial charge in [-0.15, -0.1) is 0 Å². The minimum absolute atomic E-state index is 0. The summed E-state index contributed by atoms with van der Waals surface area (Å²) < 4.78 is 39.9. The van der Waals surface area contributed by atoms with Crippen LogP contribution in [0.3, 0.4) is 0 Å². The van der Waals surface area contributed by atoms with Crippen molar-refractivity contribution in [3.63, 3.8) is 0 Å². The van der Waals surface area contributed by atoms with Gasteiger partial charge in [-0.25, -0.2) is 18.2 Å². The Balaban J connectivity index is 0.000000200. The van der Waals surface area contributed by atoms with E-state index in [-0.39, 0.29) is 25.0 Å². The topological polar surface area (TPSA) is 85.6 Å². The number of halogens is 4. The molecular formula is C34H30ClF3N4O3. The first-order chi connectivity index (χ1) is 20.9. The Hall–Kier alpha value is -4.80. The first-order valence-corrected chi connectivity index (χ1v) is 13.8. The molecule has 2 unspecified atom stereocenters. The predicted molar refractivity (Wildman–Crippen MR) is 171 cm³/mol. The van der Waals surface area contributed by atoms with Gasteiger partial charge in [0.25, 0.3) is 11.8 Å². The fourth-order valence-electron chi connectivity index (χ4n) is 4.91. The second-order valence-electron chi connectivity index (χ2n) is 10.1. The molecular weight excluding hydrogens is 605 g/mol. The maximum atomic E-state index is 13.7. The second kappa shape index (κ2) is 13.5. The molecule has 6 rings (SSSR count). The first-order valence-electron chi connectivity index (χ1n) is 13.4. The van der Waals surface area contributed by atoms with Gasteiger partial charge in [-0.2, -0.15) is 0 Å².